The summed E-state index contributed by atoms with van der Waals surface area (Å²) in [6.07, 6.45) is 4.19. The zero-order valence-electron chi connectivity index (χ0n) is 14.7. The van der Waals surface area contributed by atoms with Crippen molar-refractivity contribution in [2.24, 2.45) is 14.1 Å². The van der Waals surface area contributed by atoms with E-state index in [1.54, 1.807) is 26.3 Å². The molecule has 6 nitrogen and oxygen atoms in total. The van der Waals surface area contributed by atoms with Gasteiger partial charge in [-0.25, -0.2) is 4.79 Å². The van der Waals surface area contributed by atoms with E-state index in [1.165, 1.54) is 30.0 Å². The quantitative estimate of drug-likeness (QED) is 0.534. The molecule has 0 saturated heterocycles. The van der Waals surface area contributed by atoms with Crippen molar-refractivity contribution in [2.45, 2.75) is 0 Å². The van der Waals surface area contributed by atoms with Crippen LogP contribution in [0.15, 0.2) is 58.3 Å². The van der Waals surface area contributed by atoms with Crippen LogP contribution < -0.4 is 16.0 Å². The molecule has 0 N–H and O–H groups in total. The first kappa shape index (κ1) is 17.4. The standard InChI is InChI=1S/C20H18N2O4/c1-21-12-16(19(24)22(2)20(21)25)7-9-18(23)15-5-4-14-11-17(26-3)8-6-13(14)10-15/h4-12H,1-3H3/b9-7-. The number of carbonyl (C=O) groups excluding carboxylic acids is 1. The number of ketones is 1. The second kappa shape index (κ2) is 6.84. The van der Waals surface area contributed by atoms with E-state index in [0.29, 0.717) is 5.56 Å². The minimum atomic E-state index is -0.442. The predicted molar refractivity (Wildman–Crippen MR) is 101 cm³/mol. The van der Waals surface area contributed by atoms with Crippen LogP contribution in [0.2, 0.25) is 0 Å². The highest BCUT2D eigenvalue weighted by Gasteiger charge is 2.07. The van der Waals surface area contributed by atoms with Crippen LogP contribution in [-0.4, -0.2) is 22.0 Å². The third-order valence-corrected chi connectivity index (χ3v) is 4.22. The molecule has 1 heterocycles. The Morgan fingerprint density at radius 2 is 1.73 bits per heavy atom. The van der Waals surface area contributed by atoms with Crippen molar-refractivity contribution in [1.29, 1.82) is 0 Å². The first-order valence-corrected chi connectivity index (χ1v) is 7.97. The number of allylic oxidation sites excluding steroid dienone is 1. The average molecular weight is 350 g/mol. The van der Waals surface area contributed by atoms with E-state index in [2.05, 4.69) is 0 Å². The molecular weight excluding hydrogens is 332 g/mol. The first-order valence-electron chi connectivity index (χ1n) is 7.97. The maximum absolute atomic E-state index is 12.4. The van der Waals surface area contributed by atoms with Crippen LogP contribution in [0, 0.1) is 0 Å². The summed E-state index contributed by atoms with van der Waals surface area (Å²) in [4.78, 5) is 36.2. The van der Waals surface area contributed by atoms with Gasteiger partial charge in [-0.15, -0.1) is 0 Å². The molecule has 26 heavy (non-hydrogen) atoms. The molecule has 0 bridgehead atoms. The van der Waals surface area contributed by atoms with Crippen LogP contribution in [0.1, 0.15) is 15.9 Å². The van der Waals surface area contributed by atoms with E-state index in [4.69, 9.17) is 4.74 Å². The number of aryl methyl sites for hydroxylation is 1. The lowest BCUT2D eigenvalue weighted by Gasteiger charge is -2.04. The van der Waals surface area contributed by atoms with E-state index >= 15 is 0 Å². The molecule has 0 unspecified atom stereocenters. The third-order valence-electron chi connectivity index (χ3n) is 4.22. The number of ether oxygens (including phenoxy) is 1. The number of hydrogen-bond acceptors (Lipinski definition) is 4. The van der Waals surface area contributed by atoms with Crippen molar-refractivity contribution >= 4 is 22.6 Å². The second-order valence-corrected chi connectivity index (χ2v) is 5.97. The van der Waals surface area contributed by atoms with Gasteiger partial charge in [-0.05, 0) is 41.1 Å². The molecule has 0 aliphatic rings. The summed E-state index contributed by atoms with van der Waals surface area (Å²) in [5.41, 5.74) is -0.0692. The van der Waals surface area contributed by atoms with Crippen molar-refractivity contribution < 1.29 is 9.53 Å². The Balaban J connectivity index is 1.93. The minimum Gasteiger partial charge on any atom is -0.497 e. The molecule has 0 amide bonds. The Morgan fingerprint density at radius 3 is 2.46 bits per heavy atom. The zero-order chi connectivity index (χ0) is 18.8. The van der Waals surface area contributed by atoms with Crippen molar-refractivity contribution in [3.05, 3.63) is 80.6 Å². The number of fused-ring (bicyclic) bond motifs is 1. The van der Waals surface area contributed by atoms with Gasteiger partial charge >= 0.3 is 5.69 Å². The lowest BCUT2D eigenvalue weighted by molar-refractivity contribution is 0.104. The van der Waals surface area contributed by atoms with E-state index < -0.39 is 11.2 Å². The summed E-state index contributed by atoms with van der Waals surface area (Å²) >= 11 is 0. The molecule has 0 saturated carbocycles. The monoisotopic (exact) mass is 350 g/mol. The fourth-order valence-electron chi connectivity index (χ4n) is 2.72. The normalized spacial score (nSPS) is 11.2. The number of aromatic nitrogens is 2. The van der Waals surface area contributed by atoms with Crippen LogP contribution in [-0.2, 0) is 14.1 Å². The van der Waals surface area contributed by atoms with E-state index in [1.807, 2.05) is 24.3 Å². The summed E-state index contributed by atoms with van der Waals surface area (Å²) in [5.74, 6) is 0.528. The molecule has 132 valence electrons. The molecule has 0 atom stereocenters. The lowest BCUT2D eigenvalue weighted by atomic mass is 10.0. The number of methoxy groups -OCH3 is 1. The number of rotatable bonds is 4. The van der Waals surface area contributed by atoms with Gasteiger partial charge in [-0.2, -0.15) is 0 Å². The second-order valence-electron chi connectivity index (χ2n) is 5.97. The van der Waals surface area contributed by atoms with Gasteiger partial charge in [0, 0.05) is 25.9 Å². The number of hydrogen-bond donors (Lipinski definition) is 0. The Labute approximate surface area is 149 Å². The molecule has 1 aromatic heterocycles. The molecule has 0 spiro atoms. The van der Waals surface area contributed by atoms with Gasteiger partial charge in [0.1, 0.15) is 5.75 Å². The van der Waals surface area contributed by atoms with Gasteiger partial charge in [-0.3, -0.25) is 14.2 Å². The fraction of sp³-hybridized carbons (Fsp3) is 0.150. The summed E-state index contributed by atoms with van der Waals surface area (Å²) < 4.78 is 7.50. The predicted octanol–water partition coefficient (Wildman–Crippen LogP) is 2.14. The highest BCUT2D eigenvalue weighted by Crippen LogP contribution is 2.22. The molecule has 0 aliphatic carbocycles. The molecule has 6 heteroatoms. The lowest BCUT2D eigenvalue weighted by Crippen LogP contribution is -2.37. The summed E-state index contributed by atoms with van der Waals surface area (Å²) in [5, 5.41) is 1.89. The first-order chi connectivity index (χ1) is 12.4. The molecule has 0 aliphatic heterocycles. The van der Waals surface area contributed by atoms with Crippen molar-refractivity contribution in [2.75, 3.05) is 7.11 Å². The van der Waals surface area contributed by atoms with Crippen LogP contribution in [0.5, 0.6) is 5.75 Å². The van der Waals surface area contributed by atoms with Gasteiger partial charge in [0.25, 0.3) is 5.56 Å². The summed E-state index contributed by atoms with van der Waals surface area (Å²) in [6, 6.07) is 11.0. The highest BCUT2D eigenvalue weighted by atomic mass is 16.5. The topological polar surface area (TPSA) is 70.3 Å². The summed E-state index contributed by atoms with van der Waals surface area (Å²) in [7, 11) is 4.56. The van der Waals surface area contributed by atoms with Crippen molar-refractivity contribution in [1.82, 2.24) is 9.13 Å². The van der Waals surface area contributed by atoms with Crippen LogP contribution in [0.3, 0.4) is 0 Å². The maximum Gasteiger partial charge on any atom is 0.330 e. The van der Waals surface area contributed by atoms with Gasteiger partial charge < -0.3 is 9.30 Å². The highest BCUT2D eigenvalue weighted by molar-refractivity contribution is 6.08. The van der Waals surface area contributed by atoms with Crippen molar-refractivity contribution in [3.63, 3.8) is 0 Å². The van der Waals surface area contributed by atoms with Gasteiger partial charge in [0.05, 0.1) is 12.7 Å². The number of nitrogens with zero attached hydrogens (tertiary/aromatic N) is 2. The number of benzene rings is 2. The maximum atomic E-state index is 12.4. The van der Waals surface area contributed by atoms with Gasteiger partial charge in [0.2, 0.25) is 0 Å². The number of carbonyl (C=O) groups is 1. The van der Waals surface area contributed by atoms with E-state index in [9.17, 15) is 14.4 Å². The van der Waals surface area contributed by atoms with Crippen LogP contribution >= 0.6 is 0 Å². The molecule has 3 aromatic rings. The van der Waals surface area contributed by atoms with Gasteiger partial charge in [0.15, 0.2) is 5.78 Å². The molecule has 2 aromatic carbocycles. The molecule has 0 radical (unpaired) electrons. The summed E-state index contributed by atoms with van der Waals surface area (Å²) in [6.45, 7) is 0. The Bertz CT molecular complexity index is 1150. The smallest absolute Gasteiger partial charge is 0.330 e. The van der Waals surface area contributed by atoms with E-state index in [0.717, 1.165) is 21.1 Å². The average Bonchev–Trinajstić information content (AvgIpc) is 2.66. The van der Waals surface area contributed by atoms with Crippen molar-refractivity contribution in [3.8, 4) is 5.75 Å². The molecular formula is C20H18N2O4. The fourth-order valence-corrected chi connectivity index (χ4v) is 2.72. The zero-order valence-corrected chi connectivity index (χ0v) is 14.7. The van der Waals surface area contributed by atoms with Crippen LogP contribution in [0.4, 0.5) is 0 Å². The third kappa shape index (κ3) is 3.21. The minimum absolute atomic E-state index is 0.223. The largest absolute Gasteiger partial charge is 0.497 e. The van der Waals surface area contributed by atoms with E-state index in [-0.39, 0.29) is 11.3 Å². The Hall–Kier alpha value is -3.41. The SMILES string of the molecule is COc1ccc2cc(C(=O)/C=C\c3cn(C)c(=O)n(C)c3=O)ccc2c1. The Morgan fingerprint density at radius 1 is 1.04 bits per heavy atom. The Kier molecular flexibility index (Phi) is 4.58. The molecule has 0 fully saturated rings. The van der Waals surface area contributed by atoms with Gasteiger partial charge in [-0.1, -0.05) is 18.2 Å². The molecule has 3 rings (SSSR count). The van der Waals surface area contributed by atoms with Crippen LogP contribution in [0.25, 0.3) is 16.8 Å².